The van der Waals surface area contributed by atoms with E-state index in [1.165, 1.54) is 0 Å². The van der Waals surface area contributed by atoms with E-state index < -0.39 is 0 Å². The van der Waals surface area contributed by atoms with Crippen molar-refractivity contribution in [2.45, 2.75) is 6.42 Å². The predicted molar refractivity (Wildman–Crippen MR) is 56.5 cm³/mol. The molecule has 1 aliphatic rings. The van der Waals surface area contributed by atoms with Gasteiger partial charge >= 0.3 is 0 Å². The van der Waals surface area contributed by atoms with Crippen molar-refractivity contribution in [1.82, 2.24) is 5.32 Å². The SMILES string of the molecule is O=C(NCC1CCOC1)SSS. The van der Waals surface area contributed by atoms with Gasteiger partial charge in [-0.1, -0.05) is 11.7 Å². The fourth-order valence-corrected chi connectivity index (χ4v) is 2.23. The second kappa shape index (κ2) is 6.01. The lowest BCUT2D eigenvalue weighted by Gasteiger charge is -2.07. The Bertz CT molecular complexity index is 150. The molecule has 1 rings (SSSR count). The molecule has 0 aromatic carbocycles. The van der Waals surface area contributed by atoms with Crippen LogP contribution in [-0.2, 0) is 4.74 Å². The zero-order valence-electron chi connectivity index (χ0n) is 6.49. The number of carbonyl (C=O) groups excluding carboxylic acids is 1. The van der Waals surface area contributed by atoms with Crippen molar-refractivity contribution in [3.63, 3.8) is 0 Å². The van der Waals surface area contributed by atoms with Crippen LogP contribution in [0.1, 0.15) is 6.42 Å². The molecule has 1 atom stereocenters. The monoisotopic (exact) mass is 225 g/mol. The average molecular weight is 225 g/mol. The van der Waals surface area contributed by atoms with Gasteiger partial charge in [-0.15, -0.1) is 0 Å². The van der Waals surface area contributed by atoms with Crippen LogP contribution >= 0.6 is 32.3 Å². The number of hydrogen-bond acceptors (Lipinski definition) is 5. The molecular formula is C6H11NO2S3. The smallest absolute Gasteiger partial charge is 0.290 e. The maximum absolute atomic E-state index is 10.9. The molecule has 1 amide bonds. The Balaban J connectivity index is 2.03. The first-order valence-corrected chi connectivity index (χ1v) is 6.87. The Morgan fingerprint density at radius 3 is 3.17 bits per heavy atom. The summed E-state index contributed by atoms with van der Waals surface area (Å²) in [6.45, 7) is 2.33. The maximum atomic E-state index is 10.9. The molecule has 0 aromatic heterocycles. The van der Waals surface area contributed by atoms with Crippen LogP contribution < -0.4 is 5.32 Å². The third-order valence-electron chi connectivity index (χ3n) is 1.67. The summed E-state index contributed by atoms with van der Waals surface area (Å²) in [6, 6.07) is 0. The molecule has 1 unspecified atom stereocenters. The van der Waals surface area contributed by atoms with Gasteiger partial charge in [0.25, 0.3) is 5.24 Å². The highest BCUT2D eigenvalue weighted by molar-refractivity contribution is 9.08. The molecule has 12 heavy (non-hydrogen) atoms. The van der Waals surface area contributed by atoms with Crippen LogP contribution in [0.3, 0.4) is 0 Å². The minimum absolute atomic E-state index is 0.0260. The van der Waals surface area contributed by atoms with Crippen molar-refractivity contribution in [2.75, 3.05) is 19.8 Å². The van der Waals surface area contributed by atoms with Crippen LogP contribution in [0.15, 0.2) is 0 Å². The number of hydrogen-bond donors (Lipinski definition) is 2. The van der Waals surface area contributed by atoms with E-state index >= 15 is 0 Å². The lowest BCUT2D eigenvalue weighted by Crippen LogP contribution is -2.25. The van der Waals surface area contributed by atoms with Gasteiger partial charge in [0.2, 0.25) is 0 Å². The summed E-state index contributed by atoms with van der Waals surface area (Å²) in [6.07, 6.45) is 1.05. The third-order valence-corrected chi connectivity index (χ3v) is 3.39. The van der Waals surface area contributed by atoms with E-state index in [1.54, 1.807) is 0 Å². The summed E-state index contributed by atoms with van der Waals surface area (Å²) in [4.78, 5) is 10.9. The summed E-state index contributed by atoms with van der Waals surface area (Å²) in [5, 5.41) is 2.77. The lowest BCUT2D eigenvalue weighted by molar-refractivity contribution is 0.185. The molecule has 1 aliphatic heterocycles. The average Bonchev–Trinajstić information content (AvgIpc) is 2.53. The lowest BCUT2D eigenvalue weighted by atomic mass is 10.1. The van der Waals surface area contributed by atoms with Gasteiger partial charge in [0.1, 0.15) is 0 Å². The van der Waals surface area contributed by atoms with Crippen LogP contribution in [0.2, 0.25) is 0 Å². The molecule has 1 fully saturated rings. The molecule has 6 heteroatoms. The largest absolute Gasteiger partial charge is 0.381 e. The topological polar surface area (TPSA) is 38.3 Å². The molecule has 0 bridgehead atoms. The summed E-state index contributed by atoms with van der Waals surface area (Å²) in [5.74, 6) is 0.500. The molecular weight excluding hydrogens is 214 g/mol. The zero-order valence-corrected chi connectivity index (χ0v) is 9.01. The van der Waals surface area contributed by atoms with E-state index in [-0.39, 0.29) is 5.24 Å². The van der Waals surface area contributed by atoms with E-state index in [0.29, 0.717) is 5.92 Å². The second-order valence-corrected chi connectivity index (χ2v) is 5.53. The first-order valence-electron chi connectivity index (χ1n) is 3.66. The van der Waals surface area contributed by atoms with Crippen molar-refractivity contribution >= 4 is 37.5 Å². The number of thiol groups is 1. The fraction of sp³-hybridized carbons (Fsp3) is 0.833. The fourth-order valence-electron chi connectivity index (χ4n) is 1.04. The van der Waals surface area contributed by atoms with Gasteiger partial charge in [-0.25, -0.2) is 0 Å². The maximum Gasteiger partial charge on any atom is 0.290 e. The Hall–Kier alpha value is 0.480. The molecule has 1 saturated heterocycles. The number of nitrogens with one attached hydrogen (secondary N) is 1. The molecule has 0 aliphatic carbocycles. The van der Waals surface area contributed by atoms with Crippen LogP contribution in [0, 0.1) is 5.92 Å². The highest BCUT2D eigenvalue weighted by Crippen LogP contribution is 2.25. The van der Waals surface area contributed by atoms with E-state index in [4.69, 9.17) is 4.74 Å². The molecule has 70 valence electrons. The number of amides is 1. The van der Waals surface area contributed by atoms with Gasteiger partial charge in [0, 0.05) is 29.9 Å². The third kappa shape index (κ3) is 3.93. The Morgan fingerprint density at radius 1 is 1.75 bits per heavy atom. The first-order chi connectivity index (χ1) is 5.83. The summed E-state index contributed by atoms with van der Waals surface area (Å²) >= 11 is 3.86. The molecule has 3 nitrogen and oxygen atoms in total. The van der Waals surface area contributed by atoms with Crippen LogP contribution in [-0.4, -0.2) is 25.0 Å². The molecule has 0 saturated carbocycles. The van der Waals surface area contributed by atoms with Crippen molar-refractivity contribution in [1.29, 1.82) is 0 Å². The summed E-state index contributed by atoms with van der Waals surface area (Å²) in [5.41, 5.74) is 0. The van der Waals surface area contributed by atoms with Crippen LogP contribution in [0.5, 0.6) is 0 Å². The van der Waals surface area contributed by atoms with Crippen LogP contribution in [0.4, 0.5) is 4.79 Å². The number of carbonyl (C=O) groups is 1. The van der Waals surface area contributed by atoms with E-state index in [2.05, 4.69) is 17.0 Å². The first kappa shape index (κ1) is 10.6. The van der Waals surface area contributed by atoms with Gasteiger partial charge in [0.15, 0.2) is 0 Å². The number of ether oxygens (including phenoxy) is 1. The zero-order chi connectivity index (χ0) is 8.81. The molecule has 0 spiro atoms. The minimum Gasteiger partial charge on any atom is -0.381 e. The summed E-state index contributed by atoms with van der Waals surface area (Å²) in [7, 11) is 2.26. The number of rotatable bonds is 3. The standard InChI is InChI=1S/C6H11NO2S3/c8-6(11-12-10)7-3-5-1-2-9-4-5/h5,10H,1-4H2,(H,7,8). The van der Waals surface area contributed by atoms with E-state index in [9.17, 15) is 4.79 Å². The normalized spacial score (nSPS) is 22.6. The van der Waals surface area contributed by atoms with Crippen molar-refractivity contribution < 1.29 is 9.53 Å². The van der Waals surface area contributed by atoms with E-state index in [1.807, 2.05) is 0 Å². The molecule has 1 N–H and O–H groups in total. The van der Waals surface area contributed by atoms with Gasteiger partial charge < -0.3 is 10.1 Å². The van der Waals surface area contributed by atoms with Crippen molar-refractivity contribution in [3.8, 4) is 0 Å². The highest BCUT2D eigenvalue weighted by Gasteiger charge is 2.16. The minimum atomic E-state index is -0.0260. The van der Waals surface area contributed by atoms with Crippen molar-refractivity contribution in [3.05, 3.63) is 0 Å². The Labute approximate surface area is 84.6 Å². The van der Waals surface area contributed by atoms with Crippen LogP contribution in [0.25, 0.3) is 0 Å². The van der Waals surface area contributed by atoms with Gasteiger partial charge in [-0.2, -0.15) is 0 Å². The van der Waals surface area contributed by atoms with Gasteiger partial charge in [-0.3, -0.25) is 4.79 Å². The van der Waals surface area contributed by atoms with Gasteiger partial charge in [0.05, 0.1) is 6.61 Å². The Morgan fingerprint density at radius 2 is 2.58 bits per heavy atom. The Kier molecular flexibility index (Phi) is 5.29. The second-order valence-electron chi connectivity index (χ2n) is 2.56. The van der Waals surface area contributed by atoms with E-state index in [0.717, 1.165) is 46.8 Å². The van der Waals surface area contributed by atoms with Crippen molar-refractivity contribution in [2.24, 2.45) is 5.92 Å². The molecule has 1 heterocycles. The summed E-state index contributed by atoms with van der Waals surface area (Å²) < 4.78 is 5.17. The quantitative estimate of drug-likeness (QED) is 0.569. The predicted octanol–water partition coefficient (Wildman–Crippen LogP) is 1.96. The highest BCUT2D eigenvalue weighted by atomic mass is 33.5. The molecule has 0 radical (unpaired) electrons. The van der Waals surface area contributed by atoms with Gasteiger partial charge in [-0.05, 0) is 16.2 Å². The molecule has 0 aromatic rings.